The van der Waals surface area contributed by atoms with Gasteiger partial charge in [-0.15, -0.1) is 0 Å². The average Bonchev–Trinajstić information content (AvgIpc) is 2.55. The van der Waals surface area contributed by atoms with Gasteiger partial charge >= 0.3 is 0 Å². The number of ether oxygens (including phenoxy) is 1. The summed E-state index contributed by atoms with van der Waals surface area (Å²) in [6.45, 7) is 4.22. The molecule has 0 unspecified atom stereocenters. The number of methoxy groups -OCH3 is 1. The number of hydrogen-bond acceptors (Lipinski definition) is 3. The lowest BCUT2D eigenvalue weighted by atomic mass is 10.1. The second kappa shape index (κ2) is 10.8. The number of hydrazone groups is 1. The van der Waals surface area contributed by atoms with Gasteiger partial charge in [0.2, 0.25) is 5.91 Å². The summed E-state index contributed by atoms with van der Waals surface area (Å²) in [6, 6.07) is 7.71. The molecule has 0 aromatic heterocycles. The van der Waals surface area contributed by atoms with Crippen LogP contribution in [0.25, 0.3) is 0 Å². The zero-order chi connectivity index (χ0) is 16.2. The van der Waals surface area contributed by atoms with Crippen molar-refractivity contribution in [2.45, 2.75) is 58.8 Å². The van der Waals surface area contributed by atoms with Gasteiger partial charge in [-0.1, -0.05) is 39.5 Å². The van der Waals surface area contributed by atoms with Gasteiger partial charge in [-0.25, -0.2) is 5.43 Å². The van der Waals surface area contributed by atoms with E-state index in [4.69, 9.17) is 4.74 Å². The molecule has 0 aliphatic rings. The van der Waals surface area contributed by atoms with Gasteiger partial charge in [-0.2, -0.15) is 5.10 Å². The van der Waals surface area contributed by atoms with Gasteiger partial charge in [0.25, 0.3) is 0 Å². The second-order valence-electron chi connectivity index (χ2n) is 5.34. The molecule has 0 aliphatic carbocycles. The van der Waals surface area contributed by atoms with Gasteiger partial charge in [0.15, 0.2) is 0 Å². The van der Waals surface area contributed by atoms with Crippen molar-refractivity contribution in [2.75, 3.05) is 7.11 Å². The van der Waals surface area contributed by atoms with Crippen molar-refractivity contribution in [3.05, 3.63) is 29.8 Å². The minimum absolute atomic E-state index is 0.00374. The molecule has 4 nitrogen and oxygen atoms in total. The van der Waals surface area contributed by atoms with E-state index < -0.39 is 0 Å². The van der Waals surface area contributed by atoms with Crippen molar-refractivity contribution in [2.24, 2.45) is 5.10 Å². The molecule has 122 valence electrons. The van der Waals surface area contributed by atoms with E-state index in [1.54, 1.807) is 7.11 Å². The highest BCUT2D eigenvalue weighted by molar-refractivity contribution is 6.00. The van der Waals surface area contributed by atoms with Crippen LogP contribution in [0.5, 0.6) is 5.75 Å². The van der Waals surface area contributed by atoms with Crippen LogP contribution < -0.4 is 10.2 Å². The fraction of sp³-hybridized carbons (Fsp3) is 0.556. The van der Waals surface area contributed by atoms with Gasteiger partial charge in [0.1, 0.15) is 5.75 Å². The lowest BCUT2D eigenvalue weighted by Crippen LogP contribution is -2.19. The molecule has 1 aromatic carbocycles. The van der Waals surface area contributed by atoms with Crippen LogP contribution in [-0.2, 0) is 4.79 Å². The molecular weight excluding hydrogens is 276 g/mol. The van der Waals surface area contributed by atoms with Gasteiger partial charge < -0.3 is 4.74 Å². The minimum Gasteiger partial charge on any atom is -0.497 e. The van der Waals surface area contributed by atoms with E-state index in [0.717, 1.165) is 36.3 Å². The third-order valence-corrected chi connectivity index (χ3v) is 3.58. The molecule has 1 rings (SSSR count). The molecule has 22 heavy (non-hydrogen) atoms. The topological polar surface area (TPSA) is 50.7 Å². The van der Waals surface area contributed by atoms with Crippen molar-refractivity contribution in [3.8, 4) is 5.75 Å². The first kappa shape index (κ1) is 18.2. The highest BCUT2D eigenvalue weighted by atomic mass is 16.5. The largest absolute Gasteiger partial charge is 0.497 e. The Morgan fingerprint density at radius 1 is 1.09 bits per heavy atom. The molecule has 0 atom stereocenters. The predicted molar refractivity (Wildman–Crippen MR) is 91.3 cm³/mol. The molecule has 0 bridgehead atoms. The van der Waals surface area contributed by atoms with Gasteiger partial charge in [0, 0.05) is 6.42 Å². The summed E-state index contributed by atoms with van der Waals surface area (Å²) in [4.78, 5) is 11.8. The number of nitrogens with zero attached hydrogens (tertiary/aromatic N) is 1. The number of amides is 1. The Morgan fingerprint density at radius 3 is 2.36 bits per heavy atom. The van der Waals surface area contributed by atoms with E-state index in [2.05, 4.69) is 17.5 Å². The SMILES string of the molecule is CCCCCCCC(=O)NN=C(CC)c1ccc(OC)cc1. The van der Waals surface area contributed by atoms with Crippen molar-refractivity contribution in [1.29, 1.82) is 0 Å². The van der Waals surface area contributed by atoms with Crippen LogP contribution in [0.15, 0.2) is 29.4 Å². The number of benzene rings is 1. The normalized spacial score (nSPS) is 11.3. The number of rotatable bonds is 10. The minimum atomic E-state index is -0.00374. The molecule has 4 heteroatoms. The lowest BCUT2D eigenvalue weighted by molar-refractivity contribution is -0.121. The van der Waals surface area contributed by atoms with E-state index in [1.807, 2.05) is 31.2 Å². The molecule has 1 aromatic rings. The van der Waals surface area contributed by atoms with E-state index in [9.17, 15) is 4.79 Å². The monoisotopic (exact) mass is 304 g/mol. The van der Waals surface area contributed by atoms with Crippen LogP contribution in [0.3, 0.4) is 0 Å². The highest BCUT2D eigenvalue weighted by Crippen LogP contribution is 2.13. The van der Waals surface area contributed by atoms with E-state index in [-0.39, 0.29) is 5.91 Å². The van der Waals surface area contributed by atoms with Gasteiger partial charge in [-0.3, -0.25) is 4.79 Å². The molecule has 0 spiro atoms. The molecule has 0 fully saturated rings. The summed E-state index contributed by atoms with van der Waals surface area (Å²) < 4.78 is 5.14. The van der Waals surface area contributed by atoms with Gasteiger partial charge in [0.05, 0.1) is 12.8 Å². The lowest BCUT2D eigenvalue weighted by Gasteiger charge is -2.06. The van der Waals surface area contributed by atoms with Crippen LogP contribution in [0.2, 0.25) is 0 Å². The van der Waals surface area contributed by atoms with Crippen molar-refractivity contribution < 1.29 is 9.53 Å². The number of carbonyl (C=O) groups excluding carboxylic acids is 1. The summed E-state index contributed by atoms with van der Waals surface area (Å²) in [5, 5.41) is 4.26. The molecule has 0 saturated heterocycles. The third kappa shape index (κ3) is 6.74. The van der Waals surface area contributed by atoms with E-state index >= 15 is 0 Å². The first-order valence-electron chi connectivity index (χ1n) is 8.21. The predicted octanol–water partition coefficient (Wildman–Crippen LogP) is 4.29. The molecule has 0 aliphatic heterocycles. The summed E-state index contributed by atoms with van der Waals surface area (Å²) in [6.07, 6.45) is 7.04. The Kier molecular flexibility index (Phi) is 8.96. The smallest absolute Gasteiger partial charge is 0.240 e. The molecule has 1 N–H and O–H groups in total. The maximum atomic E-state index is 11.8. The fourth-order valence-corrected chi connectivity index (χ4v) is 2.21. The van der Waals surface area contributed by atoms with Crippen LogP contribution in [0, 0.1) is 0 Å². The number of hydrogen-bond donors (Lipinski definition) is 1. The van der Waals surface area contributed by atoms with Crippen LogP contribution in [-0.4, -0.2) is 18.7 Å². The number of unbranched alkanes of at least 4 members (excludes halogenated alkanes) is 4. The molecular formula is C18H28N2O2. The second-order valence-corrected chi connectivity index (χ2v) is 5.34. The van der Waals surface area contributed by atoms with Crippen molar-refractivity contribution >= 4 is 11.6 Å². The van der Waals surface area contributed by atoms with E-state index in [1.165, 1.54) is 19.3 Å². The fourth-order valence-electron chi connectivity index (χ4n) is 2.21. The quantitative estimate of drug-likeness (QED) is 0.398. The maximum absolute atomic E-state index is 11.8. The van der Waals surface area contributed by atoms with Crippen LogP contribution >= 0.6 is 0 Å². The number of nitrogens with one attached hydrogen (secondary N) is 1. The first-order valence-corrected chi connectivity index (χ1v) is 8.21. The summed E-state index contributed by atoms with van der Waals surface area (Å²) in [5.41, 5.74) is 4.55. The van der Waals surface area contributed by atoms with Crippen molar-refractivity contribution in [1.82, 2.24) is 5.43 Å². The Hall–Kier alpha value is -1.84. The average molecular weight is 304 g/mol. The molecule has 0 heterocycles. The van der Waals surface area contributed by atoms with Crippen LogP contribution in [0.1, 0.15) is 64.4 Å². The van der Waals surface area contributed by atoms with E-state index in [0.29, 0.717) is 6.42 Å². The number of carbonyl (C=O) groups is 1. The Bertz CT molecular complexity index is 466. The third-order valence-electron chi connectivity index (χ3n) is 3.58. The maximum Gasteiger partial charge on any atom is 0.240 e. The molecule has 1 amide bonds. The standard InChI is InChI=1S/C18H28N2O2/c1-4-6-7-8-9-10-18(21)20-19-17(5-2)15-11-13-16(22-3)14-12-15/h11-14H,4-10H2,1-3H3,(H,20,21). The summed E-state index contributed by atoms with van der Waals surface area (Å²) in [7, 11) is 1.64. The zero-order valence-electron chi connectivity index (χ0n) is 14.0. The Balaban J connectivity index is 2.45. The first-order chi connectivity index (χ1) is 10.7. The van der Waals surface area contributed by atoms with Gasteiger partial charge in [-0.05, 0) is 42.7 Å². The molecule has 0 saturated carbocycles. The Labute approximate surface area is 134 Å². The molecule has 0 radical (unpaired) electrons. The van der Waals surface area contributed by atoms with Crippen molar-refractivity contribution in [3.63, 3.8) is 0 Å². The summed E-state index contributed by atoms with van der Waals surface area (Å²) >= 11 is 0. The summed E-state index contributed by atoms with van der Waals surface area (Å²) in [5.74, 6) is 0.811. The highest BCUT2D eigenvalue weighted by Gasteiger charge is 2.04. The van der Waals surface area contributed by atoms with Crippen LogP contribution in [0.4, 0.5) is 0 Å². The Morgan fingerprint density at radius 2 is 1.77 bits per heavy atom. The zero-order valence-corrected chi connectivity index (χ0v) is 14.0.